The minimum atomic E-state index is -0.977. The second kappa shape index (κ2) is 7.67. The van der Waals surface area contributed by atoms with Gasteiger partial charge in [-0.25, -0.2) is 22.9 Å². The zero-order valence-corrected chi connectivity index (χ0v) is 15.2. The first-order valence-electron chi connectivity index (χ1n) is 9.18. The Morgan fingerprint density at radius 2 is 1.75 bits per heavy atom. The molecule has 9 heteroatoms. The Morgan fingerprint density at radius 1 is 1.00 bits per heavy atom. The summed E-state index contributed by atoms with van der Waals surface area (Å²) in [4.78, 5) is 23.1. The Kier molecular flexibility index (Phi) is 5.08. The number of benzene rings is 1. The first-order chi connectivity index (χ1) is 13.5. The molecule has 1 aromatic carbocycles. The van der Waals surface area contributed by atoms with E-state index < -0.39 is 11.6 Å². The van der Waals surface area contributed by atoms with Crippen LogP contribution in [0.4, 0.5) is 19.0 Å². The number of fused-ring (bicyclic) bond motifs is 1. The van der Waals surface area contributed by atoms with Gasteiger partial charge in [-0.3, -0.25) is 9.47 Å². The number of pyridine rings is 1. The summed E-state index contributed by atoms with van der Waals surface area (Å²) in [5.41, 5.74) is 0.299. The third-order valence-electron chi connectivity index (χ3n) is 5.08. The highest BCUT2D eigenvalue weighted by molar-refractivity contribution is 5.75. The third-order valence-corrected chi connectivity index (χ3v) is 5.08. The number of nitrogens with zero attached hydrogens (tertiary/aromatic N) is 4. The summed E-state index contributed by atoms with van der Waals surface area (Å²) in [6.45, 7) is 4.45. The molecule has 4 rings (SSSR count). The predicted octanol–water partition coefficient (Wildman–Crippen LogP) is 2.35. The summed E-state index contributed by atoms with van der Waals surface area (Å²) in [7, 11) is 0. The highest BCUT2D eigenvalue weighted by Gasteiger charge is 2.18. The molecule has 0 atom stereocenters. The monoisotopic (exact) mass is 391 g/mol. The van der Waals surface area contributed by atoms with E-state index in [0.29, 0.717) is 24.0 Å². The topological polar surface area (TPSA) is 57.2 Å². The number of imidazole rings is 1. The third kappa shape index (κ3) is 3.75. The summed E-state index contributed by atoms with van der Waals surface area (Å²) >= 11 is 0. The molecule has 0 saturated carbocycles. The van der Waals surface area contributed by atoms with E-state index >= 15 is 0 Å². The number of H-pyrrole nitrogens is 1. The Labute approximate surface area is 159 Å². The van der Waals surface area contributed by atoms with Crippen molar-refractivity contribution < 1.29 is 13.2 Å². The maximum Gasteiger partial charge on any atom is 0.326 e. The zero-order valence-electron chi connectivity index (χ0n) is 15.2. The van der Waals surface area contributed by atoms with Gasteiger partial charge in [-0.15, -0.1) is 0 Å². The van der Waals surface area contributed by atoms with Crippen LogP contribution in [0.15, 0.2) is 35.3 Å². The van der Waals surface area contributed by atoms with E-state index in [1.54, 1.807) is 6.07 Å². The standard InChI is InChI=1S/C19H20F3N5O/c20-13-2-3-18(23-12-13)26-8-6-25(7-9-26)4-1-5-27-17-11-15(22)14(21)10-16(17)24-19(27)28/h2-3,10-12H,1,4-9H2,(H,24,28). The molecule has 0 bridgehead atoms. The number of aryl methyl sites for hydroxylation is 1. The van der Waals surface area contributed by atoms with Crippen LogP contribution < -0.4 is 10.6 Å². The van der Waals surface area contributed by atoms with Gasteiger partial charge >= 0.3 is 5.69 Å². The van der Waals surface area contributed by atoms with Crippen molar-refractivity contribution in [2.24, 2.45) is 0 Å². The van der Waals surface area contributed by atoms with Gasteiger partial charge in [0.15, 0.2) is 11.6 Å². The van der Waals surface area contributed by atoms with Crippen molar-refractivity contribution >= 4 is 16.9 Å². The SMILES string of the molecule is O=c1[nH]c2cc(F)c(F)cc2n1CCCN1CCN(c2ccc(F)cn2)CC1. The first-order valence-corrected chi connectivity index (χ1v) is 9.18. The van der Waals surface area contributed by atoms with Gasteiger partial charge in [0, 0.05) is 44.9 Å². The van der Waals surface area contributed by atoms with Crippen molar-refractivity contribution in [3.8, 4) is 0 Å². The molecule has 0 unspecified atom stereocenters. The first kappa shape index (κ1) is 18.5. The molecule has 0 aliphatic carbocycles. The Hall–Kier alpha value is -2.81. The van der Waals surface area contributed by atoms with Crippen LogP contribution in [0.25, 0.3) is 11.0 Å². The van der Waals surface area contributed by atoms with Gasteiger partial charge in [-0.05, 0) is 25.1 Å². The number of aromatic nitrogens is 3. The highest BCUT2D eigenvalue weighted by Crippen LogP contribution is 2.17. The van der Waals surface area contributed by atoms with Crippen molar-refractivity contribution in [3.63, 3.8) is 0 Å². The van der Waals surface area contributed by atoms with E-state index in [9.17, 15) is 18.0 Å². The number of hydrogen-bond donors (Lipinski definition) is 1. The molecule has 2 aromatic heterocycles. The molecule has 6 nitrogen and oxygen atoms in total. The lowest BCUT2D eigenvalue weighted by Gasteiger charge is -2.35. The highest BCUT2D eigenvalue weighted by atomic mass is 19.2. The van der Waals surface area contributed by atoms with Crippen LogP contribution in [0.1, 0.15) is 6.42 Å². The molecule has 1 aliphatic heterocycles. The molecule has 0 spiro atoms. The maximum atomic E-state index is 13.5. The zero-order chi connectivity index (χ0) is 19.7. The molecule has 148 valence electrons. The van der Waals surface area contributed by atoms with Crippen LogP contribution >= 0.6 is 0 Å². The molecule has 3 heterocycles. The molecule has 28 heavy (non-hydrogen) atoms. The summed E-state index contributed by atoms with van der Waals surface area (Å²) in [6, 6.07) is 5.14. The van der Waals surface area contributed by atoms with E-state index in [1.807, 2.05) is 0 Å². The van der Waals surface area contributed by atoms with E-state index in [2.05, 4.69) is 19.8 Å². The summed E-state index contributed by atoms with van der Waals surface area (Å²) in [5, 5.41) is 0. The Balaban J connectivity index is 1.32. The van der Waals surface area contributed by atoms with Crippen LogP contribution in [-0.4, -0.2) is 52.2 Å². The van der Waals surface area contributed by atoms with Crippen LogP contribution in [0.3, 0.4) is 0 Å². The number of rotatable bonds is 5. The molecule has 1 fully saturated rings. The van der Waals surface area contributed by atoms with E-state index in [4.69, 9.17) is 0 Å². The lowest BCUT2D eigenvalue weighted by atomic mass is 10.2. The number of hydrogen-bond acceptors (Lipinski definition) is 4. The number of piperazine rings is 1. The van der Waals surface area contributed by atoms with Crippen LogP contribution in [0.5, 0.6) is 0 Å². The van der Waals surface area contributed by atoms with E-state index in [0.717, 1.165) is 50.7 Å². The average Bonchev–Trinajstić information content (AvgIpc) is 2.98. The number of aromatic amines is 1. The summed E-state index contributed by atoms with van der Waals surface area (Å²) < 4.78 is 41.3. The van der Waals surface area contributed by atoms with Gasteiger partial charge in [0.05, 0.1) is 17.2 Å². The second-order valence-corrected chi connectivity index (χ2v) is 6.88. The normalized spacial score (nSPS) is 15.5. The predicted molar refractivity (Wildman–Crippen MR) is 99.9 cm³/mol. The van der Waals surface area contributed by atoms with Crippen LogP contribution in [0, 0.1) is 17.5 Å². The van der Waals surface area contributed by atoms with Crippen molar-refractivity contribution in [2.75, 3.05) is 37.6 Å². The lowest BCUT2D eigenvalue weighted by molar-refractivity contribution is 0.250. The Bertz CT molecular complexity index is 1020. The van der Waals surface area contributed by atoms with Gasteiger partial charge < -0.3 is 9.88 Å². The molecule has 1 saturated heterocycles. The molecule has 1 N–H and O–H groups in total. The summed E-state index contributed by atoms with van der Waals surface area (Å²) in [6.07, 6.45) is 1.93. The van der Waals surface area contributed by atoms with Gasteiger partial charge in [0.1, 0.15) is 11.6 Å². The quantitative estimate of drug-likeness (QED) is 0.726. The largest absolute Gasteiger partial charge is 0.354 e. The van der Waals surface area contributed by atoms with Gasteiger partial charge in [0.2, 0.25) is 0 Å². The lowest BCUT2D eigenvalue weighted by Crippen LogP contribution is -2.47. The maximum absolute atomic E-state index is 13.5. The fraction of sp³-hybridized carbons (Fsp3) is 0.368. The van der Waals surface area contributed by atoms with Crippen molar-refractivity contribution in [2.45, 2.75) is 13.0 Å². The molecule has 1 aliphatic rings. The molecular formula is C19H20F3N5O. The number of nitrogens with one attached hydrogen (secondary N) is 1. The van der Waals surface area contributed by atoms with Crippen molar-refractivity contribution in [1.82, 2.24) is 19.4 Å². The van der Waals surface area contributed by atoms with E-state index in [-0.39, 0.29) is 11.5 Å². The van der Waals surface area contributed by atoms with Gasteiger partial charge in [0.25, 0.3) is 0 Å². The van der Waals surface area contributed by atoms with Crippen molar-refractivity contribution in [3.05, 3.63) is 58.4 Å². The van der Waals surface area contributed by atoms with E-state index in [1.165, 1.54) is 16.8 Å². The van der Waals surface area contributed by atoms with Crippen LogP contribution in [0.2, 0.25) is 0 Å². The van der Waals surface area contributed by atoms with Gasteiger partial charge in [-0.2, -0.15) is 0 Å². The smallest absolute Gasteiger partial charge is 0.326 e. The molecule has 3 aromatic rings. The second-order valence-electron chi connectivity index (χ2n) is 6.88. The molecular weight excluding hydrogens is 371 g/mol. The minimum Gasteiger partial charge on any atom is -0.354 e. The minimum absolute atomic E-state index is 0.296. The number of halogens is 3. The Morgan fingerprint density at radius 3 is 2.46 bits per heavy atom. The molecule has 0 amide bonds. The van der Waals surface area contributed by atoms with Gasteiger partial charge in [-0.1, -0.05) is 0 Å². The van der Waals surface area contributed by atoms with Crippen LogP contribution in [-0.2, 0) is 6.54 Å². The summed E-state index contributed by atoms with van der Waals surface area (Å²) in [5.74, 6) is -1.53. The van der Waals surface area contributed by atoms with Crippen molar-refractivity contribution in [1.29, 1.82) is 0 Å². The number of anilines is 1. The average molecular weight is 391 g/mol. The molecule has 0 radical (unpaired) electrons. The fourth-order valence-electron chi connectivity index (χ4n) is 3.58. The fourth-order valence-corrected chi connectivity index (χ4v) is 3.58.